The molecule has 0 unspecified atom stereocenters. The first-order valence-electron chi connectivity index (χ1n) is 12.2. The Morgan fingerprint density at radius 1 is 0.905 bits per heavy atom. The highest BCUT2D eigenvalue weighted by Gasteiger charge is 2.23. The average molecular weight is 589 g/mol. The van der Waals surface area contributed by atoms with E-state index in [0.29, 0.717) is 16.7 Å². The Labute approximate surface area is 238 Å². The number of hydrogen-bond donors (Lipinski definition) is 0. The highest BCUT2D eigenvalue weighted by molar-refractivity contribution is 6.34. The lowest BCUT2D eigenvalue weighted by Gasteiger charge is -2.17. The third kappa shape index (κ3) is 4.47. The molecule has 0 aliphatic rings. The Morgan fingerprint density at radius 2 is 1.62 bits per heavy atom. The summed E-state index contributed by atoms with van der Waals surface area (Å²) in [7, 11) is 1.62. The van der Waals surface area contributed by atoms with Crippen molar-refractivity contribution in [3.63, 3.8) is 0 Å². The molecular formula is C28H16ClF3N8O2. The van der Waals surface area contributed by atoms with Crippen molar-refractivity contribution in [2.45, 2.75) is 13.1 Å². The normalized spacial score (nSPS) is 11.3. The summed E-state index contributed by atoms with van der Waals surface area (Å²) in [5.41, 5.74) is -0.237. The summed E-state index contributed by atoms with van der Waals surface area (Å²) < 4.78 is 45.5. The van der Waals surface area contributed by atoms with E-state index in [-0.39, 0.29) is 44.9 Å². The molecule has 0 radical (unpaired) electrons. The quantitative estimate of drug-likeness (QED) is 0.221. The van der Waals surface area contributed by atoms with Gasteiger partial charge in [0.15, 0.2) is 23.3 Å². The molecule has 0 saturated heterocycles. The Bertz CT molecular complexity index is 2210. The van der Waals surface area contributed by atoms with Gasteiger partial charge in [0, 0.05) is 35.6 Å². The van der Waals surface area contributed by atoms with Crippen molar-refractivity contribution in [1.82, 2.24) is 33.9 Å². The average Bonchev–Trinajstić information content (AvgIpc) is 3.40. The SMILES string of the molecule is Cn1cnc(Cn2c(=O)c3c4nccnc4c(-c4cc(C#N)ccc4Cl)cc3n(Cc3cc(F)c(F)c(F)c3)c2=O)n1. The molecule has 0 fully saturated rings. The Morgan fingerprint density at radius 3 is 2.29 bits per heavy atom. The maximum Gasteiger partial charge on any atom is 0.332 e. The molecule has 0 bridgehead atoms. The van der Waals surface area contributed by atoms with Gasteiger partial charge < -0.3 is 0 Å². The van der Waals surface area contributed by atoms with Crippen LogP contribution in [0.15, 0.2) is 64.7 Å². The van der Waals surface area contributed by atoms with Crippen LogP contribution in [0, 0.1) is 28.8 Å². The van der Waals surface area contributed by atoms with Gasteiger partial charge in [0.05, 0.1) is 41.1 Å². The van der Waals surface area contributed by atoms with Gasteiger partial charge in [-0.15, -0.1) is 0 Å². The van der Waals surface area contributed by atoms with Crippen molar-refractivity contribution in [2.24, 2.45) is 7.05 Å². The molecule has 0 N–H and O–H groups in total. The van der Waals surface area contributed by atoms with Gasteiger partial charge in [-0.25, -0.2) is 22.9 Å². The summed E-state index contributed by atoms with van der Waals surface area (Å²) in [6.07, 6.45) is 4.18. The Kier molecular flexibility index (Phi) is 6.55. The first-order chi connectivity index (χ1) is 20.2. The van der Waals surface area contributed by atoms with Crippen molar-refractivity contribution in [2.75, 3.05) is 0 Å². The second-order valence-electron chi connectivity index (χ2n) is 9.35. The van der Waals surface area contributed by atoms with Gasteiger partial charge in [-0.1, -0.05) is 11.6 Å². The van der Waals surface area contributed by atoms with E-state index in [1.54, 1.807) is 7.05 Å². The van der Waals surface area contributed by atoms with Crippen LogP contribution in [0.4, 0.5) is 13.2 Å². The van der Waals surface area contributed by atoms with Crippen LogP contribution < -0.4 is 11.2 Å². The summed E-state index contributed by atoms with van der Waals surface area (Å²) in [6.45, 7) is -0.767. The molecule has 6 rings (SSSR count). The van der Waals surface area contributed by atoms with Crippen molar-refractivity contribution in [1.29, 1.82) is 5.26 Å². The van der Waals surface area contributed by atoms with Crippen LogP contribution in [-0.2, 0) is 20.1 Å². The monoisotopic (exact) mass is 588 g/mol. The lowest BCUT2D eigenvalue weighted by Crippen LogP contribution is -2.41. The fraction of sp³-hybridized carbons (Fsp3) is 0.107. The van der Waals surface area contributed by atoms with Gasteiger partial charge in [0.2, 0.25) is 0 Å². The van der Waals surface area contributed by atoms with E-state index in [2.05, 4.69) is 20.1 Å². The topological polar surface area (TPSA) is 124 Å². The van der Waals surface area contributed by atoms with Gasteiger partial charge in [0.1, 0.15) is 11.8 Å². The zero-order valence-corrected chi connectivity index (χ0v) is 22.3. The van der Waals surface area contributed by atoms with Crippen LogP contribution in [0.5, 0.6) is 0 Å². The van der Waals surface area contributed by atoms with E-state index in [9.17, 15) is 28.0 Å². The van der Waals surface area contributed by atoms with Gasteiger partial charge in [0.25, 0.3) is 5.56 Å². The van der Waals surface area contributed by atoms with E-state index < -0.39 is 35.2 Å². The zero-order chi connectivity index (χ0) is 29.7. The molecule has 0 aliphatic heterocycles. The fourth-order valence-corrected chi connectivity index (χ4v) is 5.01. The maximum atomic E-state index is 14.2. The van der Waals surface area contributed by atoms with Crippen molar-refractivity contribution >= 4 is 33.5 Å². The van der Waals surface area contributed by atoms with Crippen molar-refractivity contribution < 1.29 is 13.2 Å². The standard InChI is InChI=1S/C28H16ClF3N8O2/c1-38-13-36-22(37-38)12-40-27(41)23-21(39(28(40)42)11-15-7-19(30)24(32)20(31)8-15)9-17(25-26(23)35-5-4-34-25)16-6-14(10-33)2-3-18(16)29/h2-9,13H,11-12H2,1H3. The summed E-state index contributed by atoms with van der Waals surface area (Å²) in [4.78, 5) is 40.7. The number of fused-ring (bicyclic) bond motifs is 3. The predicted molar refractivity (Wildman–Crippen MR) is 146 cm³/mol. The molecular weight excluding hydrogens is 573 g/mol. The molecule has 3 aromatic heterocycles. The highest BCUT2D eigenvalue weighted by atomic mass is 35.5. The summed E-state index contributed by atoms with van der Waals surface area (Å²) in [5.74, 6) is -4.37. The molecule has 0 amide bonds. The minimum Gasteiger partial charge on any atom is -0.289 e. The second-order valence-corrected chi connectivity index (χ2v) is 9.75. The summed E-state index contributed by atoms with van der Waals surface area (Å²) >= 11 is 6.51. The first-order valence-corrected chi connectivity index (χ1v) is 12.6. The van der Waals surface area contributed by atoms with E-state index in [1.807, 2.05) is 6.07 Å². The van der Waals surface area contributed by atoms with Gasteiger partial charge >= 0.3 is 5.69 Å². The molecule has 3 heterocycles. The fourth-order valence-electron chi connectivity index (χ4n) is 4.79. The summed E-state index contributed by atoms with van der Waals surface area (Å²) in [6, 6.07) is 9.63. The molecule has 42 heavy (non-hydrogen) atoms. The first kappa shape index (κ1) is 26.9. The number of nitriles is 1. The third-order valence-corrected chi connectivity index (χ3v) is 6.99. The number of rotatable bonds is 5. The van der Waals surface area contributed by atoms with Crippen LogP contribution in [0.2, 0.25) is 5.02 Å². The van der Waals surface area contributed by atoms with Crippen LogP contribution in [-0.4, -0.2) is 33.9 Å². The molecule has 10 nitrogen and oxygen atoms in total. The number of aryl methyl sites for hydroxylation is 1. The van der Waals surface area contributed by atoms with Crippen molar-refractivity contribution in [3.8, 4) is 17.2 Å². The molecule has 0 atom stereocenters. The number of halogens is 4. The summed E-state index contributed by atoms with van der Waals surface area (Å²) in [5, 5.41) is 13.9. The van der Waals surface area contributed by atoms with Gasteiger partial charge in [-0.05, 0) is 42.0 Å². The molecule has 208 valence electrons. The number of aromatic nitrogens is 7. The molecule has 0 saturated carbocycles. The molecule has 3 aromatic carbocycles. The minimum absolute atomic E-state index is 0.0204. The number of hydrogen-bond acceptors (Lipinski definition) is 7. The minimum atomic E-state index is -1.65. The largest absolute Gasteiger partial charge is 0.332 e. The Balaban J connectivity index is 1.73. The Hall–Kier alpha value is -5.35. The van der Waals surface area contributed by atoms with E-state index in [0.717, 1.165) is 21.3 Å². The zero-order valence-electron chi connectivity index (χ0n) is 21.5. The highest BCUT2D eigenvalue weighted by Crippen LogP contribution is 2.36. The maximum absolute atomic E-state index is 14.2. The van der Waals surface area contributed by atoms with E-state index in [4.69, 9.17) is 11.6 Å². The van der Waals surface area contributed by atoms with Crippen LogP contribution >= 0.6 is 11.6 Å². The molecule has 0 spiro atoms. The van der Waals surface area contributed by atoms with Gasteiger partial charge in [-0.2, -0.15) is 10.4 Å². The lowest BCUT2D eigenvalue weighted by molar-refractivity contribution is 0.444. The third-order valence-electron chi connectivity index (χ3n) is 6.66. The van der Waals surface area contributed by atoms with Gasteiger partial charge in [-0.3, -0.25) is 28.6 Å². The molecule has 14 heteroatoms. The predicted octanol–water partition coefficient (Wildman–Crippen LogP) is 3.94. The number of nitrogens with zero attached hydrogens (tertiary/aromatic N) is 8. The number of benzene rings is 3. The second kappa shape index (κ2) is 10.2. The van der Waals surface area contributed by atoms with Crippen LogP contribution in [0.3, 0.4) is 0 Å². The van der Waals surface area contributed by atoms with E-state index in [1.165, 1.54) is 47.7 Å². The molecule has 6 aromatic rings. The molecule has 0 aliphatic carbocycles. The van der Waals surface area contributed by atoms with Crippen LogP contribution in [0.25, 0.3) is 33.1 Å². The van der Waals surface area contributed by atoms with Crippen LogP contribution in [0.1, 0.15) is 17.0 Å². The van der Waals surface area contributed by atoms with E-state index >= 15 is 0 Å². The van der Waals surface area contributed by atoms with Crippen molar-refractivity contribution in [3.05, 3.63) is 115 Å². The smallest absolute Gasteiger partial charge is 0.289 e. The lowest BCUT2D eigenvalue weighted by atomic mass is 9.99.